The van der Waals surface area contributed by atoms with E-state index in [1.54, 1.807) is 12.3 Å². The van der Waals surface area contributed by atoms with Gasteiger partial charge in [-0.05, 0) is 48.6 Å². The van der Waals surface area contributed by atoms with Gasteiger partial charge in [0.1, 0.15) is 0 Å². The number of carbonyl (C=O) groups excluding carboxylic acids is 2. The Labute approximate surface area is 197 Å². The molecule has 2 atom stereocenters. The first-order valence-corrected chi connectivity index (χ1v) is 11.0. The number of nitrogens with one attached hydrogen (secondary N) is 4. The molecule has 168 valence electrons. The predicted octanol–water partition coefficient (Wildman–Crippen LogP) is 3.79. The number of halogens is 1. The molecule has 1 aliphatic carbocycles. The molecule has 0 spiro atoms. The van der Waals surface area contributed by atoms with Gasteiger partial charge in [-0.1, -0.05) is 36.4 Å². The van der Waals surface area contributed by atoms with Gasteiger partial charge in [-0.15, -0.1) is 12.4 Å². The lowest BCUT2D eigenvalue weighted by atomic mass is 9.99. The van der Waals surface area contributed by atoms with Gasteiger partial charge in [0.2, 0.25) is 5.91 Å². The van der Waals surface area contributed by atoms with Gasteiger partial charge in [-0.3, -0.25) is 9.59 Å². The van der Waals surface area contributed by atoms with Crippen molar-refractivity contribution in [2.24, 2.45) is 11.0 Å². The van der Waals surface area contributed by atoms with Crippen LogP contribution < -0.4 is 16.1 Å². The second-order valence-electron chi connectivity index (χ2n) is 8.59. The summed E-state index contributed by atoms with van der Waals surface area (Å²) in [5, 5.41) is 11.3. The summed E-state index contributed by atoms with van der Waals surface area (Å²) in [7, 11) is 0. The minimum Gasteiger partial charge on any atom is -0.354 e. The van der Waals surface area contributed by atoms with Crippen LogP contribution in [0, 0.1) is 5.92 Å². The fraction of sp³-hybridized carbons (Fsp3) is 0.240. The van der Waals surface area contributed by atoms with Crippen LogP contribution in [0.15, 0.2) is 53.6 Å². The van der Waals surface area contributed by atoms with E-state index in [0.29, 0.717) is 11.3 Å². The first-order chi connectivity index (χ1) is 15.7. The molecule has 0 unspecified atom stereocenters. The van der Waals surface area contributed by atoms with Crippen molar-refractivity contribution in [2.45, 2.75) is 18.8 Å². The van der Waals surface area contributed by atoms with Gasteiger partial charge < -0.3 is 15.6 Å². The maximum absolute atomic E-state index is 12.9. The third-order valence-electron chi connectivity index (χ3n) is 6.55. The summed E-state index contributed by atoms with van der Waals surface area (Å²) in [6.07, 6.45) is 5.62. The van der Waals surface area contributed by atoms with E-state index in [0.717, 1.165) is 48.1 Å². The molecule has 4 N–H and O–H groups in total. The highest BCUT2D eigenvalue weighted by Crippen LogP contribution is 2.48. The van der Waals surface area contributed by atoms with Crippen molar-refractivity contribution in [3.05, 3.63) is 70.9 Å². The smallest absolute Gasteiger partial charge is 0.272 e. The fourth-order valence-electron chi connectivity index (χ4n) is 4.85. The van der Waals surface area contributed by atoms with Crippen LogP contribution in [0.3, 0.4) is 0 Å². The van der Waals surface area contributed by atoms with Crippen molar-refractivity contribution in [1.29, 1.82) is 0 Å². The molecule has 3 heterocycles. The van der Waals surface area contributed by atoms with Crippen molar-refractivity contribution < 1.29 is 9.59 Å². The zero-order chi connectivity index (χ0) is 21.7. The van der Waals surface area contributed by atoms with Gasteiger partial charge in [-0.2, -0.15) is 5.10 Å². The van der Waals surface area contributed by atoms with Gasteiger partial charge in [0, 0.05) is 34.6 Å². The topological polar surface area (TPSA) is 98.4 Å². The van der Waals surface area contributed by atoms with Gasteiger partial charge in [0.05, 0.1) is 17.5 Å². The molecule has 0 radical (unpaired) electrons. The lowest BCUT2D eigenvalue weighted by Gasteiger charge is -2.13. The van der Waals surface area contributed by atoms with Crippen molar-refractivity contribution >= 4 is 52.6 Å². The molecule has 0 saturated heterocycles. The average molecular weight is 462 g/mol. The third kappa shape index (κ3) is 3.83. The number of carbonyl (C=O) groups is 2. The van der Waals surface area contributed by atoms with Crippen LogP contribution in [0.25, 0.3) is 16.5 Å². The molecule has 3 aliphatic rings. The number of aromatic nitrogens is 1. The number of aromatic amines is 1. The summed E-state index contributed by atoms with van der Waals surface area (Å²) >= 11 is 0. The summed E-state index contributed by atoms with van der Waals surface area (Å²) in [6.45, 7) is 1.73. The molecule has 1 saturated carbocycles. The number of benzene rings is 2. The molecular formula is C25H24ClN5O2. The number of hydrogen-bond donors (Lipinski definition) is 4. The van der Waals surface area contributed by atoms with Crippen LogP contribution in [-0.4, -0.2) is 36.1 Å². The molecule has 1 aromatic heterocycles. The van der Waals surface area contributed by atoms with Gasteiger partial charge in [-0.25, -0.2) is 5.43 Å². The van der Waals surface area contributed by atoms with E-state index in [-0.39, 0.29) is 36.1 Å². The van der Waals surface area contributed by atoms with E-state index in [4.69, 9.17) is 0 Å². The standard InChI is InChI=1S/C25H23N5O2.ClH/c31-24(18-12-17(18)14-4-2-1-3-5-14)28-16-10-19-22-20(13-27-30-25(19)32)23(29-21(22)11-16)15-6-8-26-9-7-15;/h1-6,10-11,13,17-18,26,29H,7-9,12H2,(H,28,31)(H,30,32);1H/t17-,18+;/m0./s1. The Morgan fingerprint density at radius 3 is 2.79 bits per heavy atom. The van der Waals surface area contributed by atoms with Crippen molar-refractivity contribution in [1.82, 2.24) is 15.7 Å². The Morgan fingerprint density at radius 1 is 1.15 bits per heavy atom. The normalized spacial score (nSPS) is 21.0. The monoisotopic (exact) mass is 461 g/mol. The number of H-pyrrole nitrogens is 1. The summed E-state index contributed by atoms with van der Waals surface area (Å²) in [4.78, 5) is 29.1. The summed E-state index contributed by atoms with van der Waals surface area (Å²) < 4.78 is 0. The molecule has 33 heavy (non-hydrogen) atoms. The highest BCUT2D eigenvalue weighted by molar-refractivity contribution is 6.17. The van der Waals surface area contributed by atoms with Crippen LogP contribution in [0.5, 0.6) is 0 Å². The SMILES string of the molecule is Cl.O=C1NN=Cc2c(C3=CCNCC3)[nH]c3cc(NC(=O)[C@@H]4C[C@H]4c4ccccc4)cc1c23. The lowest BCUT2D eigenvalue weighted by molar-refractivity contribution is -0.117. The Morgan fingerprint density at radius 2 is 2.00 bits per heavy atom. The zero-order valence-corrected chi connectivity index (χ0v) is 18.7. The molecule has 2 aromatic carbocycles. The molecule has 0 bridgehead atoms. The van der Waals surface area contributed by atoms with Crippen molar-refractivity contribution in [3.63, 3.8) is 0 Å². The molecule has 8 heteroatoms. The number of hydrazone groups is 1. The highest BCUT2D eigenvalue weighted by Gasteiger charge is 2.43. The van der Waals surface area contributed by atoms with E-state index in [1.165, 1.54) is 11.1 Å². The van der Waals surface area contributed by atoms with E-state index in [1.807, 2.05) is 24.3 Å². The second kappa shape index (κ2) is 8.50. The molecule has 7 nitrogen and oxygen atoms in total. The Kier molecular flexibility index (Phi) is 5.52. The van der Waals surface area contributed by atoms with Crippen molar-refractivity contribution in [2.75, 3.05) is 18.4 Å². The zero-order valence-electron chi connectivity index (χ0n) is 17.9. The fourth-order valence-corrected chi connectivity index (χ4v) is 4.85. The molecule has 3 aromatic rings. The minimum absolute atomic E-state index is 0. The van der Waals surface area contributed by atoms with E-state index in [9.17, 15) is 9.59 Å². The van der Waals surface area contributed by atoms with Crippen LogP contribution >= 0.6 is 12.4 Å². The van der Waals surface area contributed by atoms with Gasteiger partial charge in [0.15, 0.2) is 0 Å². The lowest BCUT2D eigenvalue weighted by Crippen LogP contribution is -2.20. The largest absolute Gasteiger partial charge is 0.354 e. The summed E-state index contributed by atoms with van der Waals surface area (Å²) in [5.41, 5.74) is 8.83. The summed E-state index contributed by atoms with van der Waals surface area (Å²) in [5.74, 6) is -0.0731. The first kappa shape index (κ1) is 21.4. The maximum Gasteiger partial charge on any atom is 0.272 e. The third-order valence-corrected chi connectivity index (χ3v) is 6.55. The van der Waals surface area contributed by atoms with Crippen LogP contribution in [0.1, 0.15) is 45.9 Å². The maximum atomic E-state index is 12.9. The number of amides is 2. The Balaban J connectivity index is 0.00000228. The van der Waals surface area contributed by atoms with Crippen molar-refractivity contribution in [3.8, 4) is 0 Å². The minimum atomic E-state index is -0.278. The quantitative estimate of drug-likeness (QED) is 0.475. The number of anilines is 1. The number of rotatable bonds is 4. The van der Waals surface area contributed by atoms with Crippen LogP contribution in [0.4, 0.5) is 5.69 Å². The molecular weight excluding hydrogens is 438 g/mol. The second-order valence-corrected chi connectivity index (χ2v) is 8.59. The molecule has 1 fully saturated rings. The van der Waals surface area contributed by atoms with Crippen LogP contribution in [-0.2, 0) is 4.79 Å². The molecule has 2 aliphatic heterocycles. The highest BCUT2D eigenvalue weighted by atomic mass is 35.5. The van der Waals surface area contributed by atoms with Crippen LogP contribution in [0.2, 0.25) is 0 Å². The van der Waals surface area contributed by atoms with E-state index < -0.39 is 0 Å². The molecule has 6 rings (SSSR count). The average Bonchev–Trinajstić information content (AvgIpc) is 3.57. The number of hydrogen-bond acceptors (Lipinski definition) is 4. The van der Waals surface area contributed by atoms with E-state index in [2.05, 4.69) is 44.4 Å². The Hall–Kier alpha value is -3.42. The summed E-state index contributed by atoms with van der Waals surface area (Å²) in [6, 6.07) is 13.8. The number of nitrogens with zero attached hydrogens (tertiary/aromatic N) is 1. The molecule has 2 amide bonds. The first-order valence-electron chi connectivity index (χ1n) is 11.0. The van der Waals surface area contributed by atoms with E-state index >= 15 is 0 Å². The predicted molar refractivity (Wildman–Crippen MR) is 132 cm³/mol. The van der Waals surface area contributed by atoms with Gasteiger partial charge >= 0.3 is 0 Å². The van der Waals surface area contributed by atoms with Gasteiger partial charge in [0.25, 0.3) is 5.91 Å². The Bertz CT molecular complexity index is 1310.